The van der Waals surface area contributed by atoms with Gasteiger partial charge in [-0.1, -0.05) is 27.5 Å². The molecule has 15 heavy (non-hydrogen) atoms. The molecule has 0 heterocycles. The van der Waals surface area contributed by atoms with Gasteiger partial charge in [-0.05, 0) is 30.2 Å². The molecule has 0 spiro atoms. The molecule has 82 valence electrons. The number of carbonyl (C=O) groups is 1. The average Bonchev–Trinajstić information content (AvgIpc) is 2.18. The van der Waals surface area contributed by atoms with Gasteiger partial charge in [-0.25, -0.2) is 0 Å². The summed E-state index contributed by atoms with van der Waals surface area (Å²) in [4.78, 5) is 10.4. The average molecular weight is 293 g/mol. The Hall–Kier alpha value is -0.580. The second kappa shape index (κ2) is 5.49. The summed E-state index contributed by atoms with van der Waals surface area (Å²) >= 11 is 9.27. The van der Waals surface area contributed by atoms with Crippen LogP contribution in [0.4, 0.5) is 0 Å². The third-order valence-electron chi connectivity index (χ3n) is 2.03. The highest BCUT2D eigenvalue weighted by Gasteiger charge is 2.12. The third kappa shape index (κ3) is 3.81. The van der Waals surface area contributed by atoms with Crippen molar-refractivity contribution in [1.82, 2.24) is 0 Å². The molecule has 3 nitrogen and oxygen atoms in total. The van der Waals surface area contributed by atoms with Crippen molar-refractivity contribution >= 4 is 33.5 Å². The Bertz CT molecular complexity index is 370. The van der Waals surface area contributed by atoms with E-state index in [2.05, 4.69) is 15.9 Å². The molecule has 0 saturated heterocycles. The number of halogens is 2. The standard InChI is InChI=1S/C10H11BrClNO2/c11-6-1-2-8(12)7(5-6)9(13)3-4-10(14)15/h1-2,5,9H,3-4,13H2,(H,14,15). The predicted molar refractivity (Wildman–Crippen MR) is 63.0 cm³/mol. The van der Waals surface area contributed by atoms with E-state index in [0.29, 0.717) is 11.4 Å². The summed E-state index contributed by atoms with van der Waals surface area (Å²) in [5, 5.41) is 9.10. The molecule has 0 radical (unpaired) electrons. The third-order valence-corrected chi connectivity index (χ3v) is 2.86. The summed E-state index contributed by atoms with van der Waals surface area (Å²) < 4.78 is 0.882. The lowest BCUT2D eigenvalue weighted by atomic mass is 10.0. The number of nitrogens with two attached hydrogens (primary N) is 1. The molecular weight excluding hydrogens is 281 g/mol. The van der Waals surface area contributed by atoms with Crippen LogP contribution < -0.4 is 5.73 Å². The molecule has 1 rings (SSSR count). The number of carboxylic acid groups (broad SMARTS) is 1. The van der Waals surface area contributed by atoms with Crippen molar-refractivity contribution in [3.8, 4) is 0 Å². The van der Waals surface area contributed by atoms with Gasteiger partial charge < -0.3 is 10.8 Å². The molecule has 0 bridgehead atoms. The number of hydrogen-bond donors (Lipinski definition) is 2. The first-order chi connectivity index (χ1) is 7.00. The Kier molecular flexibility index (Phi) is 4.57. The van der Waals surface area contributed by atoms with Crippen LogP contribution in [0.25, 0.3) is 0 Å². The van der Waals surface area contributed by atoms with Crippen molar-refractivity contribution in [2.24, 2.45) is 5.73 Å². The molecule has 1 aromatic carbocycles. The summed E-state index contributed by atoms with van der Waals surface area (Å²) in [6, 6.07) is 5.03. The first-order valence-electron chi connectivity index (χ1n) is 4.43. The van der Waals surface area contributed by atoms with Gasteiger partial charge in [0.25, 0.3) is 0 Å². The lowest BCUT2D eigenvalue weighted by Gasteiger charge is -2.12. The van der Waals surface area contributed by atoms with Gasteiger partial charge in [0.05, 0.1) is 0 Å². The second-order valence-corrected chi connectivity index (χ2v) is 4.53. The molecule has 0 aromatic heterocycles. The first kappa shape index (κ1) is 12.5. The fourth-order valence-electron chi connectivity index (χ4n) is 1.23. The Balaban J connectivity index is 2.76. The van der Waals surface area contributed by atoms with Gasteiger partial charge in [0.15, 0.2) is 0 Å². The largest absolute Gasteiger partial charge is 0.481 e. The monoisotopic (exact) mass is 291 g/mol. The smallest absolute Gasteiger partial charge is 0.303 e. The lowest BCUT2D eigenvalue weighted by molar-refractivity contribution is -0.137. The Morgan fingerprint density at radius 2 is 2.27 bits per heavy atom. The van der Waals surface area contributed by atoms with E-state index in [9.17, 15) is 4.79 Å². The summed E-state index contributed by atoms with van der Waals surface area (Å²) in [6.07, 6.45) is 0.426. The predicted octanol–water partition coefficient (Wildman–Crippen LogP) is 2.97. The molecule has 3 N–H and O–H groups in total. The molecule has 5 heteroatoms. The normalized spacial score (nSPS) is 12.5. The highest BCUT2D eigenvalue weighted by molar-refractivity contribution is 9.10. The number of rotatable bonds is 4. The number of benzene rings is 1. The fraction of sp³-hybridized carbons (Fsp3) is 0.300. The van der Waals surface area contributed by atoms with Crippen molar-refractivity contribution in [3.63, 3.8) is 0 Å². The lowest BCUT2D eigenvalue weighted by Crippen LogP contribution is -2.12. The zero-order valence-corrected chi connectivity index (χ0v) is 10.3. The fourth-order valence-corrected chi connectivity index (χ4v) is 1.87. The van der Waals surface area contributed by atoms with Crippen molar-refractivity contribution < 1.29 is 9.90 Å². The van der Waals surface area contributed by atoms with Gasteiger partial charge in [-0.3, -0.25) is 4.79 Å². The van der Waals surface area contributed by atoms with E-state index >= 15 is 0 Å². The van der Waals surface area contributed by atoms with Gasteiger partial charge in [-0.2, -0.15) is 0 Å². The van der Waals surface area contributed by atoms with E-state index in [4.69, 9.17) is 22.4 Å². The summed E-state index contributed by atoms with van der Waals surface area (Å²) in [6.45, 7) is 0. The van der Waals surface area contributed by atoms with Crippen LogP contribution in [0.3, 0.4) is 0 Å². The summed E-state index contributed by atoms with van der Waals surface area (Å²) in [5.41, 5.74) is 6.62. The van der Waals surface area contributed by atoms with E-state index < -0.39 is 5.97 Å². The van der Waals surface area contributed by atoms with Crippen LogP contribution in [-0.4, -0.2) is 11.1 Å². The molecule has 0 fully saturated rings. The van der Waals surface area contributed by atoms with Crippen LogP contribution in [0.5, 0.6) is 0 Å². The molecule has 0 aliphatic rings. The first-order valence-corrected chi connectivity index (χ1v) is 5.60. The zero-order valence-electron chi connectivity index (χ0n) is 7.91. The van der Waals surface area contributed by atoms with Crippen LogP contribution in [0.2, 0.25) is 5.02 Å². The quantitative estimate of drug-likeness (QED) is 0.897. The molecule has 1 aromatic rings. The SMILES string of the molecule is NC(CCC(=O)O)c1cc(Br)ccc1Cl. The van der Waals surface area contributed by atoms with Crippen molar-refractivity contribution in [2.45, 2.75) is 18.9 Å². The zero-order chi connectivity index (χ0) is 11.4. The van der Waals surface area contributed by atoms with Crippen LogP contribution in [0, 0.1) is 0 Å². The minimum atomic E-state index is -0.850. The number of aliphatic carboxylic acids is 1. The molecule has 0 amide bonds. The van der Waals surface area contributed by atoms with E-state index in [1.165, 1.54) is 0 Å². The Morgan fingerprint density at radius 3 is 2.87 bits per heavy atom. The Labute approximate surface area is 101 Å². The van der Waals surface area contributed by atoms with E-state index in [0.717, 1.165) is 10.0 Å². The second-order valence-electron chi connectivity index (χ2n) is 3.20. The molecule has 0 saturated carbocycles. The Morgan fingerprint density at radius 1 is 1.60 bits per heavy atom. The maximum Gasteiger partial charge on any atom is 0.303 e. The van der Waals surface area contributed by atoms with Gasteiger partial charge >= 0.3 is 5.97 Å². The van der Waals surface area contributed by atoms with Gasteiger partial charge in [-0.15, -0.1) is 0 Å². The summed E-state index contributed by atoms with van der Waals surface area (Å²) in [7, 11) is 0. The minimum absolute atomic E-state index is 0.0456. The molecule has 0 aliphatic heterocycles. The molecule has 1 atom stereocenters. The van der Waals surface area contributed by atoms with E-state index in [1.54, 1.807) is 6.07 Å². The number of carboxylic acids is 1. The van der Waals surface area contributed by atoms with Crippen molar-refractivity contribution in [2.75, 3.05) is 0 Å². The summed E-state index contributed by atoms with van der Waals surface area (Å²) in [5.74, 6) is -0.850. The maximum absolute atomic E-state index is 10.4. The molecule has 0 aliphatic carbocycles. The van der Waals surface area contributed by atoms with Gasteiger partial charge in [0.1, 0.15) is 0 Å². The highest BCUT2D eigenvalue weighted by atomic mass is 79.9. The van der Waals surface area contributed by atoms with Crippen molar-refractivity contribution in [3.05, 3.63) is 33.3 Å². The molecule has 1 unspecified atom stereocenters. The highest BCUT2D eigenvalue weighted by Crippen LogP contribution is 2.27. The minimum Gasteiger partial charge on any atom is -0.481 e. The van der Waals surface area contributed by atoms with Crippen LogP contribution in [0.15, 0.2) is 22.7 Å². The van der Waals surface area contributed by atoms with E-state index in [1.807, 2.05) is 12.1 Å². The number of hydrogen-bond acceptors (Lipinski definition) is 2. The van der Waals surface area contributed by atoms with Crippen LogP contribution in [0.1, 0.15) is 24.4 Å². The van der Waals surface area contributed by atoms with Gasteiger partial charge in [0, 0.05) is 22.0 Å². The maximum atomic E-state index is 10.4. The van der Waals surface area contributed by atoms with Crippen LogP contribution in [-0.2, 0) is 4.79 Å². The van der Waals surface area contributed by atoms with Gasteiger partial charge in [0.2, 0.25) is 0 Å². The topological polar surface area (TPSA) is 63.3 Å². The van der Waals surface area contributed by atoms with E-state index in [-0.39, 0.29) is 12.5 Å². The van der Waals surface area contributed by atoms with Crippen molar-refractivity contribution in [1.29, 1.82) is 0 Å². The molecular formula is C10H11BrClNO2. The van der Waals surface area contributed by atoms with Crippen LogP contribution >= 0.6 is 27.5 Å².